The van der Waals surface area contributed by atoms with E-state index in [0.29, 0.717) is 11.3 Å². The van der Waals surface area contributed by atoms with Gasteiger partial charge in [0.2, 0.25) is 0 Å². The van der Waals surface area contributed by atoms with E-state index in [1.165, 1.54) is 0 Å². The van der Waals surface area contributed by atoms with Crippen molar-refractivity contribution in [3.63, 3.8) is 0 Å². The number of carbonyl (C=O) groups is 2. The number of benzene rings is 2. The normalized spacial score (nSPS) is 10.8. The van der Waals surface area contributed by atoms with Gasteiger partial charge < -0.3 is 4.84 Å². The van der Waals surface area contributed by atoms with Crippen LogP contribution in [0.3, 0.4) is 0 Å². The first-order valence-corrected chi connectivity index (χ1v) is 7.44. The van der Waals surface area contributed by atoms with Crippen LogP contribution in [0.1, 0.15) is 23.7 Å². The molecule has 0 aliphatic carbocycles. The van der Waals surface area contributed by atoms with E-state index in [4.69, 9.17) is 4.84 Å². The minimum Gasteiger partial charge on any atom is -0.340 e. The average Bonchev–Trinajstić information content (AvgIpc) is 2.61. The Bertz CT molecular complexity index is 715. The molecule has 0 fully saturated rings. The molecule has 0 aromatic heterocycles. The number of hydrogen-bond acceptors (Lipinski definition) is 5. The van der Waals surface area contributed by atoms with Gasteiger partial charge in [0.25, 0.3) is 5.91 Å². The quantitative estimate of drug-likeness (QED) is 0.678. The molecule has 0 bridgehead atoms. The average molecular weight is 325 g/mol. The summed E-state index contributed by atoms with van der Waals surface area (Å²) in [5, 5.41) is 5.98. The monoisotopic (exact) mass is 325 g/mol. The molecule has 0 radical (unpaired) electrons. The molecule has 6 nitrogen and oxygen atoms in total. The summed E-state index contributed by atoms with van der Waals surface area (Å²) in [6.45, 7) is 1.72. The lowest BCUT2D eigenvalue weighted by Gasteiger charge is -2.14. The highest BCUT2D eigenvalue weighted by molar-refractivity contribution is 5.99. The molecule has 0 unspecified atom stereocenters. The van der Waals surface area contributed by atoms with Crippen molar-refractivity contribution >= 4 is 23.3 Å². The van der Waals surface area contributed by atoms with Crippen LogP contribution in [0.25, 0.3) is 0 Å². The molecule has 0 atom stereocenters. The third-order valence-electron chi connectivity index (χ3n) is 3.14. The predicted molar refractivity (Wildman–Crippen MR) is 92.6 cm³/mol. The summed E-state index contributed by atoms with van der Waals surface area (Å²) in [5.41, 5.74) is 4.02. The summed E-state index contributed by atoms with van der Waals surface area (Å²) in [7, 11) is 1.79. The van der Waals surface area contributed by atoms with Crippen LogP contribution in [0.5, 0.6) is 0 Å². The van der Waals surface area contributed by atoms with Gasteiger partial charge >= 0.3 is 5.97 Å². The number of nitrogens with one attached hydrogen (secondary N) is 1. The Morgan fingerprint density at radius 3 is 2.25 bits per heavy atom. The Hall–Kier alpha value is -3.15. The lowest BCUT2D eigenvalue weighted by molar-refractivity contribution is -0.147. The molecule has 1 amide bonds. The Morgan fingerprint density at radius 2 is 1.62 bits per heavy atom. The van der Waals surface area contributed by atoms with Gasteiger partial charge in [-0.3, -0.25) is 9.80 Å². The molecule has 0 aliphatic heterocycles. The molecular weight excluding hydrogens is 306 g/mol. The van der Waals surface area contributed by atoms with E-state index in [2.05, 4.69) is 10.6 Å². The third kappa shape index (κ3) is 5.24. The molecule has 2 aromatic carbocycles. The first kappa shape index (κ1) is 17.2. The molecule has 0 saturated carbocycles. The second-order valence-corrected chi connectivity index (χ2v) is 5.14. The lowest BCUT2D eigenvalue weighted by atomic mass is 10.2. The zero-order valence-corrected chi connectivity index (χ0v) is 13.6. The minimum atomic E-state index is -0.581. The van der Waals surface area contributed by atoms with Crippen molar-refractivity contribution in [1.82, 2.24) is 5.48 Å². The number of anilines is 1. The molecule has 2 rings (SSSR count). The number of carbonyl (C=O) groups excluding carboxylic acids is 2. The van der Waals surface area contributed by atoms with Gasteiger partial charge in [-0.25, -0.2) is 4.79 Å². The maximum absolute atomic E-state index is 11.8. The van der Waals surface area contributed by atoms with Gasteiger partial charge in [0.1, 0.15) is 0 Å². The first-order chi connectivity index (χ1) is 11.6. The van der Waals surface area contributed by atoms with E-state index in [0.717, 1.165) is 5.69 Å². The maximum Gasteiger partial charge on any atom is 0.337 e. The molecule has 0 heterocycles. The number of hydrogen-bond donors (Lipinski definition) is 1. The van der Waals surface area contributed by atoms with Crippen LogP contribution in [0.4, 0.5) is 5.69 Å². The van der Waals surface area contributed by atoms with Gasteiger partial charge in [-0.2, -0.15) is 10.6 Å². The van der Waals surface area contributed by atoms with E-state index in [9.17, 15) is 9.59 Å². The van der Waals surface area contributed by atoms with Crippen LogP contribution in [0.15, 0.2) is 65.8 Å². The molecule has 6 heteroatoms. The summed E-state index contributed by atoms with van der Waals surface area (Å²) >= 11 is 0. The number of nitrogens with zero attached hydrogens (tertiary/aromatic N) is 2. The van der Waals surface area contributed by atoms with Crippen LogP contribution in [-0.2, 0) is 9.63 Å². The van der Waals surface area contributed by atoms with Crippen molar-refractivity contribution in [2.75, 3.05) is 12.1 Å². The highest BCUT2D eigenvalue weighted by atomic mass is 16.7. The van der Waals surface area contributed by atoms with Crippen molar-refractivity contribution in [3.05, 3.63) is 66.2 Å². The Kier molecular flexibility index (Phi) is 6.08. The van der Waals surface area contributed by atoms with Gasteiger partial charge in [-0.1, -0.05) is 36.4 Å². The minimum absolute atomic E-state index is 0.0216. The number of hydrazone groups is 1. The first-order valence-electron chi connectivity index (χ1n) is 7.44. The van der Waals surface area contributed by atoms with Gasteiger partial charge in [-0.05, 0) is 31.2 Å². The van der Waals surface area contributed by atoms with E-state index in [-0.39, 0.29) is 6.42 Å². The van der Waals surface area contributed by atoms with Gasteiger partial charge in [0.05, 0.1) is 12.1 Å². The second kappa shape index (κ2) is 8.47. The molecular formula is C18H19N3O3. The van der Waals surface area contributed by atoms with E-state index in [1.54, 1.807) is 49.3 Å². The number of amides is 1. The molecule has 2 aromatic rings. The van der Waals surface area contributed by atoms with Crippen molar-refractivity contribution in [2.45, 2.75) is 13.3 Å². The fraction of sp³-hybridized carbons (Fsp3) is 0.167. The Labute approximate surface area is 140 Å². The fourth-order valence-corrected chi connectivity index (χ4v) is 1.99. The summed E-state index contributed by atoms with van der Waals surface area (Å²) in [6, 6.07) is 18.1. The SMILES string of the molecule is C/C(CC(=O)ONC(=O)c1ccccc1)=N/N(C)c1ccccc1. The van der Waals surface area contributed by atoms with Crippen LogP contribution >= 0.6 is 0 Å². The topological polar surface area (TPSA) is 71.0 Å². The Balaban J connectivity index is 1.83. The maximum atomic E-state index is 11.8. The number of hydroxylamine groups is 1. The number of rotatable bonds is 5. The highest BCUT2D eigenvalue weighted by Crippen LogP contribution is 2.11. The summed E-state index contributed by atoms with van der Waals surface area (Å²) < 4.78 is 0. The summed E-state index contributed by atoms with van der Waals surface area (Å²) in [6.07, 6.45) is -0.0216. The molecule has 24 heavy (non-hydrogen) atoms. The van der Waals surface area contributed by atoms with Crippen LogP contribution in [0, 0.1) is 0 Å². The Morgan fingerprint density at radius 1 is 1.04 bits per heavy atom. The summed E-state index contributed by atoms with van der Waals surface area (Å²) in [4.78, 5) is 28.3. The van der Waals surface area contributed by atoms with E-state index < -0.39 is 11.9 Å². The van der Waals surface area contributed by atoms with Crippen LogP contribution < -0.4 is 10.5 Å². The van der Waals surface area contributed by atoms with E-state index >= 15 is 0 Å². The molecule has 124 valence electrons. The molecule has 1 N–H and O–H groups in total. The molecule has 0 saturated heterocycles. The summed E-state index contributed by atoms with van der Waals surface area (Å²) in [5.74, 6) is -1.05. The predicted octanol–water partition coefficient (Wildman–Crippen LogP) is 2.78. The molecule has 0 aliphatic rings. The van der Waals surface area contributed by atoms with Crippen molar-refractivity contribution in [1.29, 1.82) is 0 Å². The van der Waals surface area contributed by atoms with Crippen LogP contribution in [0.2, 0.25) is 0 Å². The van der Waals surface area contributed by atoms with Crippen molar-refractivity contribution in [2.24, 2.45) is 5.10 Å². The second-order valence-electron chi connectivity index (χ2n) is 5.14. The third-order valence-corrected chi connectivity index (χ3v) is 3.14. The lowest BCUT2D eigenvalue weighted by Crippen LogP contribution is -2.28. The smallest absolute Gasteiger partial charge is 0.337 e. The van der Waals surface area contributed by atoms with E-state index in [1.807, 2.05) is 30.3 Å². The standard InChI is InChI=1S/C18H19N3O3/c1-14(19-21(2)16-11-7-4-8-12-16)13-17(22)24-20-18(23)15-9-5-3-6-10-15/h3-12H,13H2,1-2H3,(H,20,23)/b19-14-. The zero-order chi connectivity index (χ0) is 17.4. The van der Waals surface area contributed by atoms with Gasteiger partial charge in [0, 0.05) is 18.3 Å². The fourth-order valence-electron chi connectivity index (χ4n) is 1.99. The zero-order valence-electron chi connectivity index (χ0n) is 13.6. The van der Waals surface area contributed by atoms with Gasteiger partial charge in [-0.15, -0.1) is 0 Å². The van der Waals surface area contributed by atoms with Crippen LogP contribution in [-0.4, -0.2) is 24.6 Å². The van der Waals surface area contributed by atoms with Crippen molar-refractivity contribution in [3.8, 4) is 0 Å². The van der Waals surface area contributed by atoms with Gasteiger partial charge in [0.15, 0.2) is 0 Å². The molecule has 0 spiro atoms. The largest absolute Gasteiger partial charge is 0.340 e. The number of para-hydroxylation sites is 1. The van der Waals surface area contributed by atoms with Crippen molar-refractivity contribution < 1.29 is 14.4 Å². The highest BCUT2D eigenvalue weighted by Gasteiger charge is 2.10.